The van der Waals surface area contributed by atoms with Crippen molar-refractivity contribution in [3.8, 4) is 22.6 Å². The van der Waals surface area contributed by atoms with Crippen molar-refractivity contribution in [1.82, 2.24) is 25.0 Å². The molecule has 0 saturated heterocycles. The molecule has 3 N–H and O–H groups in total. The number of fused-ring (bicyclic) bond motifs is 1. The zero-order valence-electron chi connectivity index (χ0n) is 24.2. The minimum atomic E-state index is -0.180. The average molecular weight is 553 g/mol. The molecular weight excluding hydrogens is 516 g/mol. The molecule has 4 aromatic rings. The lowest BCUT2D eigenvalue weighted by molar-refractivity contribution is -0.110. The number of rotatable bonds is 10. The van der Waals surface area contributed by atoms with Crippen molar-refractivity contribution in [3.05, 3.63) is 82.9 Å². The number of ether oxygens (including phenoxy) is 1. The Labute approximate surface area is 240 Å². The summed E-state index contributed by atoms with van der Waals surface area (Å²) in [4.78, 5) is 31.6. The van der Waals surface area contributed by atoms with E-state index in [1.807, 2.05) is 68.6 Å². The van der Waals surface area contributed by atoms with Crippen LogP contribution in [0.2, 0.25) is 0 Å². The first-order valence-corrected chi connectivity index (χ1v) is 13.9. The lowest BCUT2D eigenvalue weighted by Crippen LogP contribution is -2.35. The van der Waals surface area contributed by atoms with Crippen molar-refractivity contribution in [2.45, 2.75) is 27.7 Å². The number of hydrogen-bond donors (Lipinski definition) is 3. The van der Waals surface area contributed by atoms with Crippen molar-refractivity contribution in [1.29, 1.82) is 0 Å². The molecule has 212 valence electrons. The number of anilines is 1. The van der Waals surface area contributed by atoms with E-state index < -0.39 is 0 Å². The predicted molar refractivity (Wildman–Crippen MR) is 162 cm³/mol. The molecule has 0 bridgehead atoms. The standard InChI is InChI=1S/C32H36N6O3/c1-6-37(7-2)14-13-33-32(40)30-20(3)29(35-21(30)4)17-27-26-15-22(11-12-28(26)36-31(27)39)23-18-34-38(19-23)24-9-8-10-25(16-24)41-5/h8-12,15-19,35H,6-7,13-14H2,1-5H3,(H,33,40)(H,36,39). The summed E-state index contributed by atoms with van der Waals surface area (Å²) >= 11 is 0. The quantitative estimate of drug-likeness (QED) is 0.239. The highest BCUT2D eigenvalue weighted by Crippen LogP contribution is 2.37. The number of carbonyl (C=O) groups excluding carboxylic acids is 2. The molecule has 0 fully saturated rings. The number of benzene rings is 2. The molecule has 0 unspecified atom stereocenters. The Morgan fingerprint density at radius 3 is 2.68 bits per heavy atom. The monoisotopic (exact) mass is 552 g/mol. The van der Waals surface area contributed by atoms with E-state index in [0.717, 1.165) is 70.4 Å². The van der Waals surface area contributed by atoms with Crippen LogP contribution in [0.1, 0.15) is 46.7 Å². The summed E-state index contributed by atoms with van der Waals surface area (Å²) in [7, 11) is 1.64. The number of amides is 2. The first-order valence-electron chi connectivity index (χ1n) is 13.9. The molecule has 1 aliphatic rings. The van der Waals surface area contributed by atoms with Crippen LogP contribution in [0.15, 0.2) is 54.9 Å². The number of nitrogens with zero attached hydrogens (tertiary/aromatic N) is 3. The van der Waals surface area contributed by atoms with Gasteiger partial charge in [0.05, 0.1) is 30.1 Å². The second-order valence-corrected chi connectivity index (χ2v) is 10.1. The number of likely N-dealkylation sites (N-methyl/N-ethyl adjacent to an activating group) is 1. The number of aromatic nitrogens is 3. The molecule has 0 spiro atoms. The summed E-state index contributed by atoms with van der Waals surface area (Å²) in [5.74, 6) is 0.465. The maximum absolute atomic E-state index is 13.0. The number of nitrogens with one attached hydrogen (secondary N) is 3. The molecule has 9 nitrogen and oxygen atoms in total. The van der Waals surface area contributed by atoms with E-state index in [1.54, 1.807) is 18.0 Å². The molecule has 1 aliphatic heterocycles. The number of hydrogen-bond acceptors (Lipinski definition) is 5. The summed E-state index contributed by atoms with van der Waals surface area (Å²) in [6.45, 7) is 11.3. The average Bonchev–Trinajstić information content (AvgIpc) is 3.67. The molecule has 3 heterocycles. The second-order valence-electron chi connectivity index (χ2n) is 10.1. The minimum absolute atomic E-state index is 0.111. The highest BCUT2D eigenvalue weighted by molar-refractivity contribution is 6.35. The molecule has 0 atom stereocenters. The van der Waals surface area contributed by atoms with E-state index >= 15 is 0 Å². The minimum Gasteiger partial charge on any atom is -0.497 e. The van der Waals surface area contributed by atoms with E-state index in [4.69, 9.17) is 4.74 Å². The van der Waals surface area contributed by atoms with Crippen LogP contribution in [-0.2, 0) is 4.79 Å². The van der Waals surface area contributed by atoms with Gasteiger partial charge in [0.2, 0.25) is 0 Å². The van der Waals surface area contributed by atoms with Gasteiger partial charge in [-0.3, -0.25) is 9.59 Å². The number of aromatic amines is 1. The Morgan fingerprint density at radius 1 is 1.12 bits per heavy atom. The highest BCUT2D eigenvalue weighted by atomic mass is 16.5. The Hall–Kier alpha value is -4.63. The van der Waals surface area contributed by atoms with Gasteiger partial charge >= 0.3 is 0 Å². The van der Waals surface area contributed by atoms with Crippen molar-refractivity contribution in [3.63, 3.8) is 0 Å². The van der Waals surface area contributed by atoms with Crippen molar-refractivity contribution >= 4 is 29.2 Å². The van der Waals surface area contributed by atoms with Gasteiger partial charge in [0.25, 0.3) is 11.8 Å². The van der Waals surface area contributed by atoms with Gasteiger partial charge in [-0.1, -0.05) is 26.0 Å². The van der Waals surface area contributed by atoms with Gasteiger partial charge < -0.3 is 25.3 Å². The van der Waals surface area contributed by atoms with Crippen LogP contribution in [0.3, 0.4) is 0 Å². The van der Waals surface area contributed by atoms with E-state index in [2.05, 4.69) is 39.5 Å². The van der Waals surface area contributed by atoms with Crippen molar-refractivity contribution < 1.29 is 14.3 Å². The summed E-state index contributed by atoms with van der Waals surface area (Å²) < 4.78 is 7.14. The van der Waals surface area contributed by atoms with E-state index in [0.29, 0.717) is 17.7 Å². The summed E-state index contributed by atoms with van der Waals surface area (Å²) in [6.07, 6.45) is 5.59. The SMILES string of the molecule is CCN(CC)CCNC(=O)c1c(C)[nH]c(C=C2C(=O)Nc3ccc(-c4cnn(-c5cccc(OC)c5)c4)cc32)c1C. The molecule has 0 radical (unpaired) electrons. The number of H-pyrrole nitrogens is 1. The van der Waals surface area contributed by atoms with Crippen LogP contribution in [0.4, 0.5) is 5.69 Å². The molecule has 41 heavy (non-hydrogen) atoms. The molecular formula is C32H36N6O3. The lowest BCUT2D eigenvalue weighted by Gasteiger charge is -2.18. The van der Waals surface area contributed by atoms with Crippen LogP contribution in [-0.4, -0.2) is 64.8 Å². The smallest absolute Gasteiger partial charge is 0.256 e. The van der Waals surface area contributed by atoms with Crippen LogP contribution in [0, 0.1) is 13.8 Å². The van der Waals surface area contributed by atoms with E-state index in [-0.39, 0.29) is 11.8 Å². The Morgan fingerprint density at radius 2 is 1.93 bits per heavy atom. The van der Waals surface area contributed by atoms with E-state index in [9.17, 15) is 9.59 Å². The van der Waals surface area contributed by atoms with Crippen LogP contribution >= 0.6 is 0 Å². The maximum atomic E-state index is 13.0. The van der Waals surface area contributed by atoms with Gasteiger partial charge in [-0.25, -0.2) is 4.68 Å². The van der Waals surface area contributed by atoms with Gasteiger partial charge in [0.1, 0.15) is 5.75 Å². The summed E-state index contributed by atoms with van der Waals surface area (Å²) in [5.41, 5.74) is 7.79. The second kappa shape index (κ2) is 11.9. The summed E-state index contributed by atoms with van der Waals surface area (Å²) in [5, 5.41) is 10.5. The number of aryl methyl sites for hydroxylation is 1. The Balaban J connectivity index is 1.41. The normalized spacial score (nSPS) is 13.5. The third kappa shape index (κ3) is 5.67. The topological polar surface area (TPSA) is 104 Å². The Bertz CT molecular complexity index is 1630. The van der Waals surface area contributed by atoms with Gasteiger partial charge in [0.15, 0.2) is 0 Å². The van der Waals surface area contributed by atoms with Crippen LogP contribution < -0.4 is 15.4 Å². The van der Waals surface area contributed by atoms with Crippen LogP contribution in [0.25, 0.3) is 28.5 Å². The molecule has 0 saturated carbocycles. The fourth-order valence-corrected chi connectivity index (χ4v) is 5.24. The van der Waals surface area contributed by atoms with Gasteiger partial charge in [-0.15, -0.1) is 0 Å². The largest absolute Gasteiger partial charge is 0.497 e. The third-order valence-electron chi connectivity index (χ3n) is 7.64. The zero-order chi connectivity index (χ0) is 29.1. The molecule has 9 heteroatoms. The first-order chi connectivity index (χ1) is 19.8. The molecule has 2 aromatic heterocycles. The number of carbonyl (C=O) groups is 2. The maximum Gasteiger partial charge on any atom is 0.256 e. The molecule has 5 rings (SSSR count). The fourth-order valence-electron chi connectivity index (χ4n) is 5.24. The van der Waals surface area contributed by atoms with Crippen LogP contribution in [0.5, 0.6) is 5.75 Å². The number of methoxy groups -OCH3 is 1. The fraction of sp³-hybridized carbons (Fsp3) is 0.281. The van der Waals surface area contributed by atoms with E-state index in [1.165, 1.54) is 0 Å². The zero-order valence-corrected chi connectivity index (χ0v) is 24.2. The van der Waals surface area contributed by atoms with Gasteiger partial charge in [-0.2, -0.15) is 5.10 Å². The van der Waals surface area contributed by atoms with Crippen molar-refractivity contribution in [2.75, 3.05) is 38.6 Å². The predicted octanol–water partition coefficient (Wildman–Crippen LogP) is 5.06. The third-order valence-corrected chi connectivity index (χ3v) is 7.64. The molecule has 0 aliphatic carbocycles. The van der Waals surface area contributed by atoms with Gasteiger partial charge in [-0.05, 0) is 68.4 Å². The first kappa shape index (κ1) is 27.9. The summed E-state index contributed by atoms with van der Waals surface area (Å²) in [6, 6.07) is 13.6. The van der Waals surface area contributed by atoms with Gasteiger partial charge in [0, 0.05) is 53.6 Å². The highest BCUT2D eigenvalue weighted by Gasteiger charge is 2.26. The molecule has 2 amide bonds. The molecule has 2 aromatic carbocycles. The van der Waals surface area contributed by atoms with Crippen molar-refractivity contribution in [2.24, 2.45) is 0 Å². The Kier molecular flexibility index (Phi) is 8.07. The lowest BCUT2D eigenvalue weighted by atomic mass is 10.00.